The van der Waals surface area contributed by atoms with Crippen LogP contribution in [0.15, 0.2) is 4.52 Å². The van der Waals surface area contributed by atoms with Crippen molar-refractivity contribution in [3.8, 4) is 0 Å². The predicted octanol–water partition coefficient (Wildman–Crippen LogP) is 1.52. The largest absolute Gasteiger partial charge is 0.481 e. The minimum atomic E-state index is -0.903. The molecule has 2 rings (SSSR count). The Morgan fingerprint density at radius 1 is 1.35 bits per heavy atom. The summed E-state index contributed by atoms with van der Waals surface area (Å²) in [5.74, 6) is 0.656. The van der Waals surface area contributed by atoms with Gasteiger partial charge in [0, 0.05) is 31.1 Å². The maximum atomic E-state index is 12.0. The molecule has 0 unspecified atom stereocenters. The number of carbonyl (C=O) groups is 2. The normalized spacial score (nSPS) is 17.0. The van der Waals surface area contributed by atoms with Crippen LogP contribution in [-0.2, 0) is 20.1 Å². The SMILES string of the molecule is Cc1noc(C)c1CSCC(=O)NCC1(C(=O)O)CCOCC1. The van der Waals surface area contributed by atoms with E-state index in [1.54, 1.807) is 0 Å². The number of nitrogens with one attached hydrogen (secondary N) is 1. The number of hydrogen-bond donors (Lipinski definition) is 2. The number of hydrogen-bond acceptors (Lipinski definition) is 6. The lowest BCUT2D eigenvalue weighted by Gasteiger charge is -2.33. The van der Waals surface area contributed by atoms with Gasteiger partial charge in [-0.05, 0) is 26.7 Å². The molecule has 2 heterocycles. The minimum absolute atomic E-state index is 0.149. The Bertz CT molecular complexity index is 547. The fourth-order valence-electron chi connectivity index (χ4n) is 2.50. The summed E-state index contributed by atoms with van der Waals surface area (Å²) in [5, 5.41) is 16.1. The second kappa shape index (κ2) is 7.83. The molecule has 0 bridgehead atoms. The first-order chi connectivity index (χ1) is 10.9. The van der Waals surface area contributed by atoms with Crippen LogP contribution >= 0.6 is 11.8 Å². The van der Waals surface area contributed by atoms with Gasteiger partial charge in [-0.15, -0.1) is 11.8 Å². The summed E-state index contributed by atoms with van der Waals surface area (Å²) < 4.78 is 10.3. The monoisotopic (exact) mass is 342 g/mol. The molecule has 1 saturated heterocycles. The first kappa shape index (κ1) is 17.8. The van der Waals surface area contributed by atoms with Crippen molar-refractivity contribution in [3.63, 3.8) is 0 Å². The lowest BCUT2D eigenvalue weighted by atomic mass is 9.80. The second-order valence-electron chi connectivity index (χ2n) is 5.77. The van der Waals surface area contributed by atoms with Gasteiger partial charge in [0.05, 0.1) is 16.9 Å². The fourth-order valence-corrected chi connectivity index (χ4v) is 3.51. The molecule has 0 aliphatic carbocycles. The highest BCUT2D eigenvalue weighted by Gasteiger charge is 2.40. The van der Waals surface area contributed by atoms with Crippen molar-refractivity contribution in [2.45, 2.75) is 32.4 Å². The third kappa shape index (κ3) is 4.48. The number of carboxylic acid groups (broad SMARTS) is 1. The molecule has 128 valence electrons. The number of carbonyl (C=O) groups excluding carboxylic acids is 1. The van der Waals surface area contributed by atoms with E-state index >= 15 is 0 Å². The van der Waals surface area contributed by atoms with Crippen LogP contribution < -0.4 is 5.32 Å². The third-order valence-corrected chi connectivity index (χ3v) is 5.15. The minimum Gasteiger partial charge on any atom is -0.481 e. The number of nitrogens with zero attached hydrogens (tertiary/aromatic N) is 1. The number of aryl methyl sites for hydroxylation is 2. The Kier molecular flexibility index (Phi) is 6.06. The zero-order valence-electron chi connectivity index (χ0n) is 13.4. The van der Waals surface area contributed by atoms with Gasteiger partial charge in [0.2, 0.25) is 5.91 Å². The number of ether oxygens (including phenoxy) is 1. The van der Waals surface area contributed by atoms with Crippen LogP contribution in [0.5, 0.6) is 0 Å². The Balaban J connectivity index is 1.77. The van der Waals surface area contributed by atoms with Crippen LogP contribution in [0, 0.1) is 19.3 Å². The zero-order chi connectivity index (χ0) is 16.9. The number of thioether (sulfide) groups is 1. The topological polar surface area (TPSA) is 102 Å². The van der Waals surface area contributed by atoms with E-state index in [2.05, 4.69) is 10.5 Å². The molecule has 23 heavy (non-hydrogen) atoms. The fraction of sp³-hybridized carbons (Fsp3) is 0.667. The Hall–Kier alpha value is -1.54. The van der Waals surface area contributed by atoms with Gasteiger partial charge in [0.15, 0.2) is 0 Å². The highest BCUT2D eigenvalue weighted by atomic mass is 32.2. The van der Waals surface area contributed by atoms with Gasteiger partial charge >= 0.3 is 5.97 Å². The van der Waals surface area contributed by atoms with Crippen LogP contribution in [0.1, 0.15) is 29.9 Å². The number of aliphatic carboxylic acids is 1. The first-order valence-electron chi connectivity index (χ1n) is 7.52. The first-order valence-corrected chi connectivity index (χ1v) is 8.67. The smallest absolute Gasteiger partial charge is 0.311 e. The van der Waals surface area contributed by atoms with Crippen LogP contribution in [-0.4, -0.2) is 47.7 Å². The van der Waals surface area contributed by atoms with E-state index in [1.165, 1.54) is 11.8 Å². The number of amides is 1. The van der Waals surface area contributed by atoms with Crippen molar-refractivity contribution < 1.29 is 24.0 Å². The molecule has 8 heteroatoms. The molecule has 0 saturated carbocycles. The molecule has 0 atom stereocenters. The van der Waals surface area contributed by atoms with Gasteiger partial charge in [-0.1, -0.05) is 5.16 Å². The quantitative estimate of drug-likeness (QED) is 0.774. The predicted molar refractivity (Wildman–Crippen MR) is 85.3 cm³/mol. The Labute approximate surface area is 139 Å². The highest BCUT2D eigenvalue weighted by molar-refractivity contribution is 7.99. The molecular formula is C15H22N2O5S. The molecular weight excluding hydrogens is 320 g/mol. The Morgan fingerprint density at radius 2 is 2.04 bits per heavy atom. The van der Waals surface area contributed by atoms with Crippen molar-refractivity contribution in [3.05, 3.63) is 17.0 Å². The molecule has 1 aromatic rings. The Morgan fingerprint density at radius 3 is 2.61 bits per heavy atom. The summed E-state index contributed by atoms with van der Waals surface area (Å²) in [5.41, 5.74) is 0.942. The highest BCUT2D eigenvalue weighted by Crippen LogP contribution is 2.30. The third-order valence-electron chi connectivity index (χ3n) is 4.19. The van der Waals surface area contributed by atoms with Crippen molar-refractivity contribution in [1.29, 1.82) is 0 Å². The van der Waals surface area contributed by atoms with Crippen molar-refractivity contribution >= 4 is 23.6 Å². The molecule has 1 fully saturated rings. The zero-order valence-corrected chi connectivity index (χ0v) is 14.2. The average Bonchev–Trinajstić information content (AvgIpc) is 2.85. The van der Waals surface area contributed by atoms with E-state index in [4.69, 9.17) is 9.26 Å². The van der Waals surface area contributed by atoms with Crippen LogP contribution in [0.3, 0.4) is 0 Å². The van der Waals surface area contributed by atoms with Gasteiger partial charge in [0.1, 0.15) is 5.76 Å². The molecule has 2 N–H and O–H groups in total. The summed E-state index contributed by atoms with van der Waals surface area (Å²) in [6, 6.07) is 0. The van der Waals surface area contributed by atoms with E-state index < -0.39 is 11.4 Å². The molecule has 0 radical (unpaired) electrons. The van der Waals surface area contributed by atoms with Crippen LogP contribution in [0.2, 0.25) is 0 Å². The number of carboxylic acids is 1. The van der Waals surface area contributed by atoms with Gasteiger partial charge in [-0.25, -0.2) is 0 Å². The lowest BCUT2D eigenvalue weighted by Crippen LogP contribution is -2.46. The standard InChI is InChI=1S/C15H22N2O5S/c1-10-12(11(2)22-17-10)7-23-8-13(18)16-9-15(14(19)20)3-5-21-6-4-15/h3-9H2,1-2H3,(H,16,18)(H,19,20). The van der Waals surface area contributed by atoms with Crippen molar-refractivity contribution in [1.82, 2.24) is 10.5 Å². The maximum absolute atomic E-state index is 12.0. The molecule has 1 aliphatic heterocycles. The molecule has 0 aromatic carbocycles. The van der Waals surface area contributed by atoms with E-state index in [0.717, 1.165) is 17.0 Å². The lowest BCUT2D eigenvalue weighted by molar-refractivity contribution is -0.154. The summed E-state index contributed by atoms with van der Waals surface area (Å²) >= 11 is 1.46. The van der Waals surface area contributed by atoms with Gasteiger partial charge in [-0.3, -0.25) is 9.59 Å². The molecule has 1 aromatic heterocycles. The van der Waals surface area contributed by atoms with Crippen molar-refractivity contribution in [2.24, 2.45) is 5.41 Å². The van der Waals surface area contributed by atoms with E-state index in [0.29, 0.717) is 31.8 Å². The molecule has 7 nitrogen and oxygen atoms in total. The molecule has 1 aliphatic rings. The van der Waals surface area contributed by atoms with Crippen LogP contribution in [0.25, 0.3) is 0 Å². The number of rotatable bonds is 7. The van der Waals surface area contributed by atoms with E-state index in [9.17, 15) is 14.7 Å². The summed E-state index contributed by atoms with van der Waals surface area (Å²) in [6.07, 6.45) is 0.851. The van der Waals surface area contributed by atoms with Crippen molar-refractivity contribution in [2.75, 3.05) is 25.5 Å². The molecule has 1 amide bonds. The second-order valence-corrected chi connectivity index (χ2v) is 6.76. The van der Waals surface area contributed by atoms with E-state index in [-0.39, 0.29) is 18.2 Å². The maximum Gasteiger partial charge on any atom is 0.311 e. The van der Waals surface area contributed by atoms with Gasteiger partial charge in [-0.2, -0.15) is 0 Å². The van der Waals surface area contributed by atoms with Crippen LogP contribution in [0.4, 0.5) is 0 Å². The summed E-state index contributed by atoms with van der Waals surface area (Å²) in [4.78, 5) is 23.5. The summed E-state index contributed by atoms with van der Waals surface area (Å²) in [7, 11) is 0. The van der Waals surface area contributed by atoms with Gasteiger partial charge in [0.25, 0.3) is 0 Å². The molecule has 0 spiro atoms. The van der Waals surface area contributed by atoms with Gasteiger partial charge < -0.3 is 19.7 Å². The van der Waals surface area contributed by atoms with E-state index in [1.807, 2.05) is 13.8 Å². The average molecular weight is 342 g/mol. The number of aromatic nitrogens is 1. The summed E-state index contributed by atoms with van der Waals surface area (Å²) in [6.45, 7) is 4.70.